The van der Waals surface area contributed by atoms with Crippen LogP contribution in [0.1, 0.15) is 5.56 Å². The van der Waals surface area contributed by atoms with Gasteiger partial charge >= 0.3 is 0 Å². The monoisotopic (exact) mass is 212 g/mol. The van der Waals surface area contributed by atoms with Gasteiger partial charge in [0.2, 0.25) is 0 Å². The van der Waals surface area contributed by atoms with Crippen LogP contribution in [0.15, 0.2) is 24.3 Å². The summed E-state index contributed by atoms with van der Waals surface area (Å²) in [4.78, 5) is 0. The van der Waals surface area contributed by atoms with Crippen LogP contribution in [-0.4, -0.2) is 36.6 Å². The summed E-state index contributed by atoms with van der Waals surface area (Å²) in [6.07, 6.45) is 0. The number of hydrogen-bond acceptors (Lipinski definition) is 4. The van der Waals surface area contributed by atoms with Crippen molar-refractivity contribution in [3.05, 3.63) is 29.8 Å². The Labute approximate surface area is 89.1 Å². The molecule has 4 nitrogen and oxygen atoms in total. The molecule has 0 aliphatic heterocycles. The maximum Gasteiger partial charge on any atom is 0.124 e. The minimum atomic E-state index is -0.00810. The Bertz CT molecular complexity index is 275. The number of aliphatic hydroxyl groups is 2. The Morgan fingerprint density at radius 1 is 1.00 bits per heavy atom. The highest BCUT2D eigenvalue weighted by Crippen LogP contribution is 2.18. The molecule has 0 spiro atoms. The molecular weight excluding hydrogens is 196 g/mol. The normalized spacial score (nSPS) is 10.3. The van der Waals surface area contributed by atoms with Crippen molar-refractivity contribution in [3.8, 4) is 5.75 Å². The van der Waals surface area contributed by atoms with E-state index in [2.05, 4.69) is 0 Å². The minimum Gasteiger partial charge on any atom is -0.491 e. The third-order valence-corrected chi connectivity index (χ3v) is 1.81. The first-order valence-electron chi connectivity index (χ1n) is 4.88. The van der Waals surface area contributed by atoms with Crippen molar-refractivity contribution in [2.24, 2.45) is 0 Å². The molecule has 1 rings (SSSR count). The number of benzene rings is 1. The largest absolute Gasteiger partial charge is 0.491 e. The van der Waals surface area contributed by atoms with Crippen LogP contribution in [0.25, 0.3) is 0 Å². The van der Waals surface area contributed by atoms with E-state index >= 15 is 0 Å². The zero-order valence-corrected chi connectivity index (χ0v) is 8.56. The van der Waals surface area contributed by atoms with Crippen molar-refractivity contribution in [2.75, 3.05) is 26.4 Å². The number of hydrogen-bond donors (Lipinski definition) is 2. The van der Waals surface area contributed by atoms with Crippen molar-refractivity contribution < 1.29 is 19.7 Å². The highest BCUT2D eigenvalue weighted by Gasteiger charge is 2.02. The molecule has 0 aromatic heterocycles. The Kier molecular flexibility index (Phi) is 5.77. The van der Waals surface area contributed by atoms with Gasteiger partial charge in [-0.2, -0.15) is 0 Å². The number of para-hydroxylation sites is 1. The van der Waals surface area contributed by atoms with E-state index in [9.17, 15) is 0 Å². The highest BCUT2D eigenvalue weighted by atomic mass is 16.5. The Morgan fingerprint density at radius 2 is 1.73 bits per heavy atom. The molecular formula is C11H16O4. The molecule has 0 aliphatic rings. The van der Waals surface area contributed by atoms with Gasteiger partial charge in [-0.1, -0.05) is 18.2 Å². The molecule has 0 heterocycles. The first-order valence-corrected chi connectivity index (χ1v) is 4.88. The van der Waals surface area contributed by atoms with E-state index < -0.39 is 0 Å². The Balaban J connectivity index is 2.52. The lowest BCUT2D eigenvalue weighted by molar-refractivity contribution is 0.0795. The average molecular weight is 212 g/mol. The molecule has 0 aliphatic carbocycles. The first kappa shape index (κ1) is 12.0. The lowest BCUT2D eigenvalue weighted by atomic mass is 10.2. The van der Waals surface area contributed by atoms with Crippen LogP contribution in [-0.2, 0) is 11.3 Å². The molecule has 4 heteroatoms. The summed E-state index contributed by atoms with van der Waals surface area (Å²) in [5.74, 6) is 0.712. The van der Waals surface area contributed by atoms with E-state index in [1.165, 1.54) is 0 Å². The fourth-order valence-electron chi connectivity index (χ4n) is 1.17. The smallest absolute Gasteiger partial charge is 0.124 e. The Morgan fingerprint density at radius 3 is 2.47 bits per heavy atom. The van der Waals surface area contributed by atoms with E-state index in [4.69, 9.17) is 19.7 Å². The number of ether oxygens (including phenoxy) is 2. The SMILES string of the molecule is OCCOCc1ccccc1OCCO. The van der Waals surface area contributed by atoms with Crippen molar-refractivity contribution in [2.45, 2.75) is 6.61 Å². The van der Waals surface area contributed by atoms with Gasteiger partial charge in [0.1, 0.15) is 12.4 Å². The lowest BCUT2D eigenvalue weighted by Crippen LogP contribution is -2.05. The van der Waals surface area contributed by atoms with Crippen LogP contribution >= 0.6 is 0 Å². The summed E-state index contributed by atoms with van der Waals surface area (Å²) in [6.45, 7) is 0.999. The standard InChI is InChI=1S/C11H16O4/c12-5-7-14-9-10-3-1-2-4-11(10)15-8-6-13/h1-4,12-13H,5-9H2. The van der Waals surface area contributed by atoms with Crippen LogP contribution in [0, 0.1) is 0 Å². The van der Waals surface area contributed by atoms with Gasteiger partial charge in [-0.05, 0) is 6.07 Å². The van der Waals surface area contributed by atoms with Crippen molar-refractivity contribution >= 4 is 0 Å². The Hall–Kier alpha value is -1.10. The van der Waals surface area contributed by atoms with Gasteiger partial charge < -0.3 is 19.7 Å². The van der Waals surface area contributed by atoms with Crippen molar-refractivity contribution in [1.29, 1.82) is 0 Å². The average Bonchev–Trinajstić information content (AvgIpc) is 2.28. The molecule has 0 amide bonds. The maximum absolute atomic E-state index is 8.64. The predicted molar refractivity (Wildman–Crippen MR) is 55.8 cm³/mol. The fourth-order valence-corrected chi connectivity index (χ4v) is 1.17. The summed E-state index contributed by atoms with van der Waals surface area (Å²) in [7, 11) is 0. The van der Waals surface area contributed by atoms with Crippen LogP contribution in [0.3, 0.4) is 0 Å². The third-order valence-electron chi connectivity index (χ3n) is 1.81. The van der Waals surface area contributed by atoms with Crippen LogP contribution in [0.4, 0.5) is 0 Å². The third kappa shape index (κ3) is 4.29. The zero-order valence-electron chi connectivity index (χ0n) is 8.56. The molecule has 0 radical (unpaired) electrons. The van der Waals surface area contributed by atoms with Gasteiger partial charge in [-0.15, -0.1) is 0 Å². The summed E-state index contributed by atoms with van der Waals surface area (Å²) in [5.41, 5.74) is 0.916. The van der Waals surface area contributed by atoms with E-state index in [-0.39, 0.29) is 19.8 Å². The molecule has 0 bridgehead atoms. The van der Waals surface area contributed by atoms with Crippen molar-refractivity contribution in [3.63, 3.8) is 0 Å². The van der Waals surface area contributed by atoms with Gasteiger partial charge in [0.15, 0.2) is 0 Å². The second-order valence-electron chi connectivity index (χ2n) is 2.96. The van der Waals surface area contributed by atoms with Crippen LogP contribution in [0.5, 0.6) is 5.75 Å². The molecule has 0 unspecified atom stereocenters. The van der Waals surface area contributed by atoms with E-state index in [0.717, 1.165) is 5.56 Å². The molecule has 1 aromatic carbocycles. The van der Waals surface area contributed by atoms with Gasteiger partial charge in [0.05, 0.1) is 26.4 Å². The minimum absolute atomic E-state index is 0.00810. The molecule has 84 valence electrons. The van der Waals surface area contributed by atoms with Gasteiger partial charge in [-0.25, -0.2) is 0 Å². The summed E-state index contributed by atoms with van der Waals surface area (Å²) in [6, 6.07) is 7.48. The molecule has 15 heavy (non-hydrogen) atoms. The second kappa shape index (κ2) is 7.23. The molecule has 2 N–H and O–H groups in total. The molecule has 0 saturated heterocycles. The topological polar surface area (TPSA) is 58.9 Å². The number of rotatable bonds is 7. The molecule has 0 saturated carbocycles. The van der Waals surface area contributed by atoms with Gasteiger partial charge in [0.25, 0.3) is 0 Å². The van der Waals surface area contributed by atoms with Crippen LogP contribution < -0.4 is 4.74 Å². The van der Waals surface area contributed by atoms with E-state index in [1.807, 2.05) is 24.3 Å². The first-order chi connectivity index (χ1) is 7.38. The molecule has 0 fully saturated rings. The van der Waals surface area contributed by atoms with Crippen molar-refractivity contribution in [1.82, 2.24) is 0 Å². The maximum atomic E-state index is 8.64. The quantitative estimate of drug-likeness (QED) is 0.649. The van der Waals surface area contributed by atoms with E-state index in [0.29, 0.717) is 19.0 Å². The van der Waals surface area contributed by atoms with Gasteiger partial charge in [-0.3, -0.25) is 0 Å². The predicted octanol–water partition coefficient (Wildman–Crippen LogP) is 0.567. The zero-order chi connectivity index (χ0) is 10.9. The lowest BCUT2D eigenvalue weighted by Gasteiger charge is -2.10. The molecule has 0 atom stereocenters. The fraction of sp³-hybridized carbons (Fsp3) is 0.455. The van der Waals surface area contributed by atoms with Gasteiger partial charge in [0, 0.05) is 5.56 Å². The highest BCUT2D eigenvalue weighted by molar-refractivity contribution is 5.32. The summed E-state index contributed by atoms with van der Waals surface area (Å²) >= 11 is 0. The summed E-state index contributed by atoms with van der Waals surface area (Å²) in [5, 5.41) is 17.2. The second-order valence-corrected chi connectivity index (χ2v) is 2.96. The molecule has 1 aromatic rings. The number of aliphatic hydroxyl groups excluding tert-OH is 2. The van der Waals surface area contributed by atoms with E-state index in [1.54, 1.807) is 0 Å². The van der Waals surface area contributed by atoms with Crippen LogP contribution in [0.2, 0.25) is 0 Å². The summed E-state index contributed by atoms with van der Waals surface area (Å²) < 4.78 is 10.5.